The summed E-state index contributed by atoms with van der Waals surface area (Å²) in [5.74, 6) is -1.15. The highest BCUT2D eigenvalue weighted by Gasteiger charge is 2.06. The maximum absolute atomic E-state index is 9.68. The van der Waals surface area contributed by atoms with Gasteiger partial charge in [-0.1, -0.05) is 0 Å². The van der Waals surface area contributed by atoms with Gasteiger partial charge < -0.3 is 9.84 Å². The molecule has 0 spiro atoms. The number of hydrogen-bond acceptors (Lipinski definition) is 3. The number of ether oxygens (including phenoxy) is 1. The lowest BCUT2D eigenvalue weighted by Crippen LogP contribution is -2.31. The topological polar surface area (TPSA) is 72.5 Å². The Labute approximate surface area is 40.9 Å². The minimum absolute atomic E-state index is 1.15. The van der Waals surface area contributed by atoms with Crippen molar-refractivity contribution < 1.29 is 14.6 Å². The monoisotopic (exact) mass is 105 g/mol. The van der Waals surface area contributed by atoms with Gasteiger partial charge >= 0.3 is 5.97 Å². The Balaban J connectivity index is 3.34. The average molecular weight is 105 g/mol. The molecule has 0 radical (unpaired) electrons. The summed E-state index contributed by atoms with van der Waals surface area (Å²) >= 11 is 0. The minimum Gasteiger partial charge on any atom is -0.478 e. The van der Waals surface area contributed by atoms with Crippen LogP contribution in [0.3, 0.4) is 0 Å². The molecule has 3 N–H and O–H groups in total. The van der Waals surface area contributed by atoms with E-state index in [-0.39, 0.29) is 0 Å². The first-order chi connectivity index (χ1) is 3.18. The fraction of sp³-hybridized carbons (Fsp3) is 0.667. The molecule has 4 nitrogen and oxygen atoms in total. The second kappa shape index (κ2) is 2.54. The third-order valence-corrected chi connectivity index (χ3v) is 0.497. The third-order valence-electron chi connectivity index (χ3n) is 0.497. The van der Waals surface area contributed by atoms with Gasteiger partial charge in [-0.3, -0.25) is 5.73 Å². The Morgan fingerprint density at radius 1 is 2.00 bits per heavy atom. The molecule has 0 saturated heterocycles. The predicted octanol–water partition coefficient (Wildman–Crippen LogP) is -0.998. The van der Waals surface area contributed by atoms with Crippen molar-refractivity contribution >= 4 is 5.97 Å². The van der Waals surface area contributed by atoms with Crippen molar-refractivity contribution in [3.8, 4) is 0 Å². The molecule has 0 aromatic heterocycles. The smallest absolute Gasteiger partial charge is 0.347 e. The van der Waals surface area contributed by atoms with Crippen molar-refractivity contribution in [2.24, 2.45) is 5.73 Å². The molecule has 0 aliphatic heterocycles. The van der Waals surface area contributed by atoms with E-state index in [4.69, 9.17) is 10.8 Å². The first-order valence-electron chi connectivity index (χ1n) is 1.69. The molecule has 42 valence electrons. The molecule has 0 saturated carbocycles. The molecule has 0 aliphatic carbocycles. The second-order valence-corrected chi connectivity index (χ2v) is 0.995. The molecule has 0 fully saturated rings. The molecule has 0 unspecified atom stereocenters. The van der Waals surface area contributed by atoms with Crippen molar-refractivity contribution in [3.05, 3.63) is 0 Å². The molecule has 0 aromatic carbocycles. The van der Waals surface area contributed by atoms with Gasteiger partial charge in [-0.05, 0) is 0 Å². The van der Waals surface area contributed by atoms with E-state index in [0.717, 1.165) is 0 Å². The van der Waals surface area contributed by atoms with Gasteiger partial charge in [-0.2, -0.15) is 0 Å². The number of rotatable bonds is 2. The molecule has 4 heteroatoms. The molecule has 1 atom stereocenters. The van der Waals surface area contributed by atoms with Gasteiger partial charge in [0.2, 0.25) is 6.23 Å². The van der Waals surface area contributed by atoms with Gasteiger partial charge in [-0.15, -0.1) is 0 Å². The Bertz CT molecular complexity index is 72.6. The van der Waals surface area contributed by atoms with Gasteiger partial charge in [0.15, 0.2) is 0 Å². The maximum Gasteiger partial charge on any atom is 0.347 e. The first kappa shape index (κ1) is 6.39. The van der Waals surface area contributed by atoms with Crippen LogP contribution < -0.4 is 5.73 Å². The Morgan fingerprint density at radius 3 is 2.43 bits per heavy atom. The number of carboxylic acid groups (broad SMARTS) is 1. The molecule has 0 heterocycles. The zero-order chi connectivity index (χ0) is 5.86. The van der Waals surface area contributed by atoms with E-state index in [1.165, 1.54) is 7.11 Å². The maximum atomic E-state index is 9.68. The van der Waals surface area contributed by atoms with Crippen LogP contribution in [0.1, 0.15) is 0 Å². The van der Waals surface area contributed by atoms with E-state index in [1.54, 1.807) is 0 Å². The van der Waals surface area contributed by atoms with Crippen LogP contribution >= 0.6 is 0 Å². The number of nitrogens with two attached hydrogens (primary N) is 1. The number of aliphatic carboxylic acids is 1. The van der Waals surface area contributed by atoms with Crippen LogP contribution in [-0.4, -0.2) is 24.4 Å². The largest absolute Gasteiger partial charge is 0.478 e. The lowest BCUT2D eigenvalue weighted by molar-refractivity contribution is -0.148. The standard InChI is InChI=1S/C3H7NO3/c1-7-2(4)3(5)6/h2H,4H2,1H3,(H,5,6)/t2-/m1/s1. The van der Waals surface area contributed by atoms with Crippen LogP contribution in [0.15, 0.2) is 0 Å². The van der Waals surface area contributed by atoms with Crippen molar-refractivity contribution in [1.82, 2.24) is 0 Å². The summed E-state index contributed by atoms with van der Waals surface area (Å²) in [5, 5.41) is 7.93. The van der Waals surface area contributed by atoms with E-state index in [9.17, 15) is 4.79 Å². The average Bonchev–Trinajstić information content (AvgIpc) is 1.65. The lowest BCUT2D eigenvalue weighted by Gasteiger charge is -1.99. The summed E-state index contributed by atoms with van der Waals surface area (Å²) in [7, 11) is 1.23. The van der Waals surface area contributed by atoms with Crippen LogP contribution in [-0.2, 0) is 9.53 Å². The van der Waals surface area contributed by atoms with Crippen molar-refractivity contribution in [3.63, 3.8) is 0 Å². The van der Waals surface area contributed by atoms with Crippen LogP contribution in [0.5, 0.6) is 0 Å². The van der Waals surface area contributed by atoms with Crippen LogP contribution in [0, 0.1) is 0 Å². The zero-order valence-electron chi connectivity index (χ0n) is 3.92. The Morgan fingerprint density at radius 2 is 2.43 bits per heavy atom. The molecular formula is C3H7NO3. The van der Waals surface area contributed by atoms with E-state index < -0.39 is 12.2 Å². The van der Waals surface area contributed by atoms with Gasteiger partial charge in [0, 0.05) is 7.11 Å². The zero-order valence-corrected chi connectivity index (χ0v) is 3.92. The minimum atomic E-state index is -1.18. The first-order valence-corrected chi connectivity index (χ1v) is 1.69. The SMILES string of the molecule is CO[C@@H](N)C(=O)O. The van der Waals surface area contributed by atoms with E-state index >= 15 is 0 Å². The number of methoxy groups -OCH3 is 1. The van der Waals surface area contributed by atoms with Gasteiger partial charge in [0.25, 0.3) is 0 Å². The third kappa shape index (κ3) is 2.13. The second-order valence-electron chi connectivity index (χ2n) is 0.995. The number of carboxylic acids is 1. The highest BCUT2D eigenvalue weighted by molar-refractivity contribution is 5.71. The number of carbonyl (C=O) groups is 1. The number of hydrogen-bond donors (Lipinski definition) is 2. The highest BCUT2D eigenvalue weighted by Crippen LogP contribution is 1.74. The van der Waals surface area contributed by atoms with Crippen LogP contribution in [0.2, 0.25) is 0 Å². The Hall–Kier alpha value is -0.610. The van der Waals surface area contributed by atoms with Crippen molar-refractivity contribution in [2.75, 3.05) is 7.11 Å². The Kier molecular flexibility index (Phi) is 2.32. The van der Waals surface area contributed by atoms with E-state index in [1.807, 2.05) is 0 Å². The summed E-state index contributed by atoms with van der Waals surface area (Å²) < 4.78 is 4.19. The normalized spacial score (nSPS) is 13.4. The molecule has 0 rings (SSSR count). The highest BCUT2D eigenvalue weighted by atomic mass is 16.5. The van der Waals surface area contributed by atoms with E-state index in [0.29, 0.717) is 0 Å². The molecular weight excluding hydrogens is 98.0 g/mol. The molecule has 0 aromatic rings. The molecule has 0 aliphatic rings. The lowest BCUT2D eigenvalue weighted by atomic mass is 10.6. The van der Waals surface area contributed by atoms with Gasteiger partial charge in [0.1, 0.15) is 0 Å². The summed E-state index contributed by atoms with van der Waals surface area (Å²) in [6.07, 6.45) is -1.18. The molecule has 0 amide bonds. The van der Waals surface area contributed by atoms with Crippen molar-refractivity contribution in [2.45, 2.75) is 6.23 Å². The van der Waals surface area contributed by atoms with E-state index in [2.05, 4.69) is 4.74 Å². The summed E-state index contributed by atoms with van der Waals surface area (Å²) in [5.41, 5.74) is 4.79. The van der Waals surface area contributed by atoms with Gasteiger partial charge in [-0.25, -0.2) is 4.79 Å². The predicted molar refractivity (Wildman–Crippen MR) is 22.6 cm³/mol. The van der Waals surface area contributed by atoms with Crippen LogP contribution in [0.25, 0.3) is 0 Å². The fourth-order valence-corrected chi connectivity index (χ4v) is 0.101. The van der Waals surface area contributed by atoms with Crippen LogP contribution in [0.4, 0.5) is 0 Å². The quantitative estimate of drug-likeness (QED) is 0.442. The van der Waals surface area contributed by atoms with Gasteiger partial charge in [0.05, 0.1) is 0 Å². The summed E-state index contributed by atoms with van der Waals surface area (Å²) in [4.78, 5) is 9.68. The molecule has 7 heavy (non-hydrogen) atoms. The summed E-state index contributed by atoms with van der Waals surface area (Å²) in [6.45, 7) is 0. The summed E-state index contributed by atoms with van der Waals surface area (Å²) in [6, 6.07) is 0. The molecule has 0 bridgehead atoms. The van der Waals surface area contributed by atoms with Crippen molar-refractivity contribution in [1.29, 1.82) is 0 Å². The fourth-order valence-electron chi connectivity index (χ4n) is 0.101.